The Hall–Kier alpha value is -2.67. The van der Waals surface area contributed by atoms with E-state index < -0.39 is 0 Å². The molecule has 1 aromatic heterocycles. The van der Waals surface area contributed by atoms with Gasteiger partial charge in [-0.2, -0.15) is 0 Å². The summed E-state index contributed by atoms with van der Waals surface area (Å²) in [7, 11) is 0. The van der Waals surface area contributed by atoms with Crippen molar-refractivity contribution >= 4 is 34.4 Å². The maximum atomic E-state index is 12.5. The zero-order valence-electron chi connectivity index (χ0n) is 16.5. The predicted octanol–water partition coefficient (Wildman–Crippen LogP) is 5.08. The lowest BCUT2D eigenvalue weighted by atomic mass is 10.2. The minimum absolute atomic E-state index is 0.0709. The smallest absolute Gasteiger partial charge is 0.234 e. The van der Waals surface area contributed by atoms with Gasteiger partial charge in [0, 0.05) is 18.3 Å². The molecule has 1 aliphatic heterocycles. The van der Waals surface area contributed by atoms with Crippen LogP contribution in [0.25, 0.3) is 11.0 Å². The number of amides is 1. The molecule has 152 valence electrons. The van der Waals surface area contributed by atoms with Gasteiger partial charge in [-0.05, 0) is 30.7 Å². The summed E-state index contributed by atoms with van der Waals surface area (Å²) in [5, 5.41) is 3.81. The largest absolute Gasteiger partial charge is 0.454 e. The Bertz CT molecular complexity index is 1000. The molecule has 3 aromatic rings. The summed E-state index contributed by atoms with van der Waals surface area (Å²) in [6.45, 7) is 3.36. The Labute approximate surface area is 174 Å². The van der Waals surface area contributed by atoms with Gasteiger partial charge in [0.05, 0.1) is 16.8 Å². The topological polar surface area (TPSA) is 65.4 Å². The van der Waals surface area contributed by atoms with E-state index in [-0.39, 0.29) is 12.7 Å². The van der Waals surface area contributed by atoms with E-state index in [1.165, 1.54) is 31.0 Å². The fourth-order valence-electron chi connectivity index (χ4n) is 3.38. The van der Waals surface area contributed by atoms with Crippen LogP contribution in [0.1, 0.15) is 32.6 Å². The molecule has 0 saturated carbocycles. The van der Waals surface area contributed by atoms with Crippen molar-refractivity contribution in [2.75, 3.05) is 17.9 Å². The second-order valence-electron chi connectivity index (χ2n) is 7.00. The van der Waals surface area contributed by atoms with E-state index in [1.807, 2.05) is 24.3 Å². The van der Waals surface area contributed by atoms with E-state index in [4.69, 9.17) is 14.5 Å². The average molecular weight is 412 g/mol. The lowest BCUT2D eigenvalue weighted by Crippen LogP contribution is -2.14. The van der Waals surface area contributed by atoms with E-state index in [9.17, 15) is 4.79 Å². The molecule has 0 fully saturated rings. The van der Waals surface area contributed by atoms with E-state index >= 15 is 0 Å². The number of imidazole rings is 1. The van der Waals surface area contributed by atoms with Gasteiger partial charge in [0.15, 0.2) is 16.7 Å². The van der Waals surface area contributed by atoms with Crippen LogP contribution in [0.2, 0.25) is 0 Å². The molecule has 0 spiro atoms. The van der Waals surface area contributed by atoms with Gasteiger partial charge in [0.1, 0.15) is 0 Å². The van der Waals surface area contributed by atoms with Gasteiger partial charge in [0.25, 0.3) is 0 Å². The number of carbonyl (C=O) groups excluding carboxylic acids is 1. The number of hydrogen-bond donors (Lipinski definition) is 1. The van der Waals surface area contributed by atoms with Crippen molar-refractivity contribution in [3.8, 4) is 11.5 Å². The monoisotopic (exact) mass is 411 g/mol. The first kappa shape index (κ1) is 19.6. The third-order valence-corrected chi connectivity index (χ3v) is 5.82. The van der Waals surface area contributed by atoms with Gasteiger partial charge in [-0.15, -0.1) is 0 Å². The van der Waals surface area contributed by atoms with E-state index in [0.717, 1.165) is 29.2 Å². The number of rotatable bonds is 9. The number of anilines is 1. The number of nitrogens with one attached hydrogen (secondary N) is 1. The Kier molecular flexibility index (Phi) is 6.24. The molecular weight excluding hydrogens is 386 g/mol. The number of carbonyl (C=O) groups is 1. The summed E-state index contributed by atoms with van der Waals surface area (Å²) in [6.07, 6.45) is 4.78. The highest BCUT2D eigenvalue weighted by molar-refractivity contribution is 7.99. The molecule has 1 amide bonds. The fourth-order valence-corrected chi connectivity index (χ4v) is 4.22. The van der Waals surface area contributed by atoms with Crippen molar-refractivity contribution < 1.29 is 14.3 Å². The summed E-state index contributed by atoms with van der Waals surface area (Å²) < 4.78 is 12.9. The molecule has 0 radical (unpaired) electrons. The van der Waals surface area contributed by atoms with Crippen LogP contribution in [0.15, 0.2) is 47.6 Å². The number of unbranched alkanes of at least 4 members (excludes halogenated alkanes) is 3. The molecule has 1 aliphatic rings. The van der Waals surface area contributed by atoms with E-state index in [0.29, 0.717) is 22.9 Å². The molecular formula is C22H25N3O3S. The van der Waals surface area contributed by atoms with E-state index in [1.54, 1.807) is 12.1 Å². The fraction of sp³-hybridized carbons (Fsp3) is 0.364. The third-order valence-electron chi connectivity index (χ3n) is 4.84. The summed E-state index contributed by atoms with van der Waals surface area (Å²) in [5.41, 5.74) is 2.80. The van der Waals surface area contributed by atoms with Crippen molar-refractivity contribution in [2.45, 2.75) is 44.3 Å². The van der Waals surface area contributed by atoms with Gasteiger partial charge in [-0.25, -0.2) is 4.98 Å². The normalized spacial score (nSPS) is 12.4. The van der Waals surface area contributed by atoms with Gasteiger partial charge < -0.3 is 19.4 Å². The van der Waals surface area contributed by atoms with Crippen molar-refractivity contribution in [1.29, 1.82) is 0 Å². The van der Waals surface area contributed by atoms with Gasteiger partial charge in [-0.3, -0.25) is 4.79 Å². The predicted molar refractivity (Wildman–Crippen MR) is 116 cm³/mol. The minimum atomic E-state index is -0.0709. The molecule has 0 aliphatic carbocycles. The quantitative estimate of drug-likeness (QED) is 0.393. The number of benzene rings is 2. The van der Waals surface area contributed by atoms with E-state index in [2.05, 4.69) is 22.9 Å². The van der Waals surface area contributed by atoms with Crippen LogP contribution in [0, 0.1) is 0 Å². The highest BCUT2D eigenvalue weighted by atomic mass is 32.2. The zero-order chi connectivity index (χ0) is 20.1. The standard InChI is InChI=1S/C22H25N3O3S/c1-2-3-4-7-12-25-18-9-6-5-8-17(18)24-22(25)29-14-21(26)23-16-10-11-19-20(13-16)28-15-27-19/h5-6,8-11,13H,2-4,7,12,14-15H2,1H3,(H,23,26). The van der Waals surface area contributed by atoms with Crippen molar-refractivity contribution in [1.82, 2.24) is 9.55 Å². The molecule has 29 heavy (non-hydrogen) atoms. The van der Waals surface area contributed by atoms with Gasteiger partial charge >= 0.3 is 0 Å². The first-order chi connectivity index (χ1) is 14.2. The van der Waals surface area contributed by atoms with Crippen molar-refractivity contribution in [3.63, 3.8) is 0 Å². The number of hydrogen-bond acceptors (Lipinski definition) is 5. The highest BCUT2D eigenvalue weighted by Gasteiger charge is 2.16. The Morgan fingerprint density at radius 3 is 2.90 bits per heavy atom. The number of ether oxygens (including phenoxy) is 2. The van der Waals surface area contributed by atoms with Crippen LogP contribution in [0.4, 0.5) is 5.69 Å². The van der Waals surface area contributed by atoms with Crippen LogP contribution in [-0.2, 0) is 11.3 Å². The zero-order valence-corrected chi connectivity index (χ0v) is 17.3. The summed E-state index contributed by atoms with van der Waals surface area (Å²) in [5.74, 6) is 1.59. The number of aryl methyl sites for hydroxylation is 1. The third kappa shape index (κ3) is 4.67. The Balaban J connectivity index is 1.41. The number of fused-ring (bicyclic) bond motifs is 2. The molecule has 0 atom stereocenters. The second kappa shape index (κ2) is 9.22. The van der Waals surface area contributed by atoms with Crippen LogP contribution in [0.5, 0.6) is 11.5 Å². The molecule has 7 heteroatoms. The molecule has 0 saturated heterocycles. The average Bonchev–Trinajstić information content (AvgIpc) is 3.33. The highest BCUT2D eigenvalue weighted by Crippen LogP contribution is 2.34. The molecule has 0 bridgehead atoms. The molecule has 0 unspecified atom stereocenters. The van der Waals surface area contributed by atoms with Gasteiger partial charge in [0.2, 0.25) is 12.7 Å². The second-order valence-corrected chi connectivity index (χ2v) is 7.94. The lowest BCUT2D eigenvalue weighted by Gasteiger charge is -2.09. The summed E-state index contributed by atoms with van der Waals surface area (Å²) in [4.78, 5) is 17.2. The van der Waals surface area contributed by atoms with Crippen molar-refractivity contribution in [2.24, 2.45) is 0 Å². The van der Waals surface area contributed by atoms with Crippen LogP contribution in [-0.4, -0.2) is 28.0 Å². The van der Waals surface area contributed by atoms with Crippen LogP contribution >= 0.6 is 11.8 Å². The number of para-hydroxylation sites is 2. The SMILES string of the molecule is CCCCCCn1c(SCC(=O)Nc2ccc3c(c2)OCO3)nc2ccccc21. The number of nitrogens with zero attached hydrogens (tertiary/aromatic N) is 2. The van der Waals surface area contributed by atoms with Crippen LogP contribution < -0.4 is 14.8 Å². The summed E-state index contributed by atoms with van der Waals surface area (Å²) >= 11 is 1.47. The summed E-state index contributed by atoms with van der Waals surface area (Å²) in [6, 6.07) is 13.6. The molecule has 1 N–H and O–H groups in total. The lowest BCUT2D eigenvalue weighted by molar-refractivity contribution is -0.113. The molecule has 6 nitrogen and oxygen atoms in total. The Morgan fingerprint density at radius 1 is 1.14 bits per heavy atom. The number of aromatic nitrogens is 2. The molecule has 4 rings (SSSR count). The van der Waals surface area contributed by atoms with Crippen molar-refractivity contribution in [3.05, 3.63) is 42.5 Å². The van der Waals surface area contributed by atoms with Gasteiger partial charge in [-0.1, -0.05) is 50.1 Å². The Morgan fingerprint density at radius 2 is 2.00 bits per heavy atom. The number of thioether (sulfide) groups is 1. The minimum Gasteiger partial charge on any atom is -0.454 e. The maximum absolute atomic E-state index is 12.5. The molecule has 2 heterocycles. The molecule has 2 aromatic carbocycles. The first-order valence-corrected chi connectivity index (χ1v) is 11.0. The maximum Gasteiger partial charge on any atom is 0.234 e. The van der Waals surface area contributed by atoms with Crippen LogP contribution in [0.3, 0.4) is 0 Å². The first-order valence-electron chi connectivity index (χ1n) is 10.0.